The van der Waals surface area contributed by atoms with Crippen LogP contribution in [0.1, 0.15) is 29.4 Å². The molecule has 37 heavy (non-hydrogen) atoms. The van der Waals surface area contributed by atoms with Crippen LogP contribution in [0.5, 0.6) is 11.5 Å². The van der Waals surface area contributed by atoms with Crippen LogP contribution in [-0.2, 0) is 26.2 Å². The predicted molar refractivity (Wildman–Crippen MR) is 148 cm³/mol. The summed E-state index contributed by atoms with van der Waals surface area (Å²) in [6.45, 7) is 4.98. The molecule has 0 aliphatic rings. The molecule has 2 aromatic carbocycles. The van der Waals surface area contributed by atoms with Crippen molar-refractivity contribution in [3.8, 4) is 11.5 Å². The van der Waals surface area contributed by atoms with Crippen molar-refractivity contribution in [1.29, 1.82) is 0 Å². The lowest BCUT2D eigenvalue weighted by Gasteiger charge is -2.34. The Morgan fingerprint density at radius 1 is 0.703 bits per heavy atom. The van der Waals surface area contributed by atoms with Crippen molar-refractivity contribution >= 4 is 23.2 Å². The van der Waals surface area contributed by atoms with Crippen molar-refractivity contribution in [2.75, 3.05) is 6.54 Å². The van der Waals surface area contributed by atoms with Gasteiger partial charge in [-0.3, -0.25) is 19.8 Å². The first-order valence-corrected chi connectivity index (χ1v) is 12.8. The van der Waals surface area contributed by atoms with Crippen LogP contribution in [-0.4, -0.2) is 42.6 Å². The zero-order valence-corrected chi connectivity index (χ0v) is 22.1. The summed E-state index contributed by atoms with van der Waals surface area (Å²) >= 11 is 12.5. The molecule has 8 heteroatoms. The van der Waals surface area contributed by atoms with E-state index in [4.69, 9.17) is 23.2 Å². The zero-order valence-electron chi connectivity index (χ0n) is 20.6. The molecule has 6 nitrogen and oxygen atoms in total. The lowest BCUT2D eigenvalue weighted by molar-refractivity contribution is 0.124. The van der Waals surface area contributed by atoms with Crippen LogP contribution < -0.4 is 0 Å². The lowest BCUT2D eigenvalue weighted by atomic mass is 10.1. The van der Waals surface area contributed by atoms with E-state index >= 15 is 0 Å². The Labute approximate surface area is 227 Å². The van der Waals surface area contributed by atoms with Gasteiger partial charge in [-0.2, -0.15) is 0 Å². The molecule has 192 valence electrons. The summed E-state index contributed by atoms with van der Waals surface area (Å²) in [5.41, 5.74) is 3.36. The number of benzene rings is 2. The van der Waals surface area contributed by atoms with Crippen molar-refractivity contribution in [3.05, 3.63) is 118 Å². The molecular weight excluding hydrogens is 507 g/mol. The number of rotatable bonds is 11. The minimum Gasteiger partial charge on any atom is -0.508 e. The van der Waals surface area contributed by atoms with Crippen molar-refractivity contribution in [3.63, 3.8) is 0 Å². The van der Waals surface area contributed by atoms with E-state index in [9.17, 15) is 10.2 Å². The Bertz CT molecular complexity index is 1290. The number of phenols is 2. The number of nitrogens with zero attached hydrogens (tertiary/aromatic N) is 4. The maximum absolute atomic E-state index is 10.5. The summed E-state index contributed by atoms with van der Waals surface area (Å²) in [5, 5.41) is 22.1. The van der Waals surface area contributed by atoms with E-state index < -0.39 is 0 Å². The second-order valence-electron chi connectivity index (χ2n) is 9.11. The molecule has 4 aromatic rings. The first-order valence-electron chi connectivity index (χ1n) is 12.1. The second-order valence-corrected chi connectivity index (χ2v) is 9.98. The van der Waals surface area contributed by atoms with Crippen LogP contribution in [0.25, 0.3) is 0 Å². The van der Waals surface area contributed by atoms with Crippen LogP contribution >= 0.6 is 23.2 Å². The average molecular weight is 537 g/mol. The summed E-state index contributed by atoms with van der Waals surface area (Å²) < 4.78 is 0. The summed E-state index contributed by atoms with van der Waals surface area (Å²) in [6.07, 6.45) is 3.56. The quantitative estimate of drug-likeness (QED) is 0.234. The molecule has 0 radical (unpaired) electrons. The Kier molecular flexibility index (Phi) is 9.36. The minimum absolute atomic E-state index is 0.0467. The Morgan fingerprint density at radius 3 is 1.78 bits per heavy atom. The molecule has 0 bridgehead atoms. The molecule has 0 spiro atoms. The highest BCUT2D eigenvalue weighted by molar-refractivity contribution is 6.31. The van der Waals surface area contributed by atoms with Crippen LogP contribution in [0.3, 0.4) is 0 Å². The number of halogens is 2. The van der Waals surface area contributed by atoms with Crippen LogP contribution in [0.2, 0.25) is 10.0 Å². The van der Waals surface area contributed by atoms with Crippen LogP contribution in [0, 0.1) is 0 Å². The van der Waals surface area contributed by atoms with Crippen LogP contribution in [0.4, 0.5) is 0 Å². The summed E-state index contributed by atoms with van der Waals surface area (Å²) in [6, 6.07) is 21.9. The molecule has 2 aromatic heterocycles. The van der Waals surface area contributed by atoms with Gasteiger partial charge in [0.2, 0.25) is 0 Å². The van der Waals surface area contributed by atoms with Gasteiger partial charge in [0.05, 0.1) is 11.4 Å². The molecule has 2 heterocycles. The zero-order chi connectivity index (χ0) is 26.2. The number of hydrogen-bond donors (Lipinski definition) is 2. The van der Waals surface area contributed by atoms with Gasteiger partial charge in [-0.25, -0.2) is 0 Å². The topological polar surface area (TPSA) is 72.7 Å². The SMILES string of the molecule is CC(CN(Cc1ccccn1)Cc1cc(Cl)ccc1O)N(Cc1ccccn1)Cc1cc(Cl)ccc1O. The number of aromatic nitrogens is 2. The Balaban J connectivity index is 1.60. The number of phenolic OH excluding ortho intramolecular Hbond substituents is 2. The van der Waals surface area contributed by atoms with Crippen molar-refractivity contribution in [2.24, 2.45) is 0 Å². The standard InChI is InChI=1S/C29H30Cl2N4O2/c1-21(35(20-27-7-3-5-13-33-27)18-23-15-25(31)9-11-29(23)37)16-34(19-26-6-2-4-12-32-26)17-22-14-24(30)8-10-28(22)36/h2-15,21,36-37H,16-20H2,1H3. The molecule has 0 saturated heterocycles. The molecule has 0 aliphatic carbocycles. The van der Waals surface area contributed by atoms with E-state index in [0.717, 1.165) is 22.5 Å². The third kappa shape index (κ3) is 7.91. The van der Waals surface area contributed by atoms with E-state index in [-0.39, 0.29) is 17.5 Å². The normalized spacial score (nSPS) is 12.2. The van der Waals surface area contributed by atoms with E-state index in [2.05, 4.69) is 26.7 Å². The largest absolute Gasteiger partial charge is 0.508 e. The van der Waals surface area contributed by atoms with Gasteiger partial charge in [-0.1, -0.05) is 35.3 Å². The first-order chi connectivity index (χ1) is 17.9. The first kappa shape index (κ1) is 26.9. The van der Waals surface area contributed by atoms with Gasteiger partial charge in [0.1, 0.15) is 11.5 Å². The van der Waals surface area contributed by atoms with Gasteiger partial charge in [0.15, 0.2) is 0 Å². The third-order valence-corrected chi connectivity index (χ3v) is 6.67. The Hall–Kier alpha value is -3.16. The number of pyridine rings is 2. The number of hydrogen-bond acceptors (Lipinski definition) is 6. The van der Waals surface area contributed by atoms with Gasteiger partial charge < -0.3 is 10.2 Å². The van der Waals surface area contributed by atoms with Gasteiger partial charge >= 0.3 is 0 Å². The fraction of sp³-hybridized carbons (Fsp3) is 0.241. The monoisotopic (exact) mass is 536 g/mol. The van der Waals surface area contributed by atoms with Gasteiger partial charge in [0, 0.05) is 72.3 Å². The summed E-state index contributed by atoms with van der Waals surface area (Å²) in [5.74, 6) is 0.411. The Morgan fingerprint density at radius 2 is 1.24 bits per heavy atom. The van der Waals surface area contributed by atoms with E-state index in [0.29, 0.717) is 42.8 Å². The highest BCUT2D eigenvalue weighted by Crippen LogP contribution is 2.26. The second kappa shape index (κ2) is 12.9. The number of aromatic hydroxyl groups is 2. The molecule has 2 N–H and O–H groups in total. The molecule has 1 atom stereocenters. The smallest absolute Gasteiger partial charge is 0.120 e. The molecule has 4 rings (SSSR count). The molecule has 0 amide bonds. The lowest BCUT2D eigenvalue weighted by Crippen LogP contribution is -2.41. The summed E-state index contributed by atoms with van der Waals surface area (Å²) in [4.78, 5) is 13.5. The van der Waals surface area contributed by atoms with Gasteiger partial charge in [-0.15, -0.1) is 0 Å². The maximum Gasteiger partial charge on any atom is 0.120 e. The fourth-order valence-electron chi connectivity index (χ4n) is 4.28. The van der Waals surface area contributed by atoms with E-state index in [1.54, 1.807) is 48.8 Å². The highest BCUT2D eigenvalue weighted by atomic mass is 35.5. The van der Waals surface area contributed by atoms with Crippen LogP contribution in [0.15, 0.2) is 85.2 Å². The molecule has 1 unspecified atom stereocenters. The molecular formula is C29H30Cl2N4O2. The predicted octanol–water partition coefficient (Wildman–Crippen LogP) is 6.29. The van der Waals surface area contributed by atoms with E-state index in [1.165, 1.54) is 0 Å². The van der Waals surface area contributed by atoms with Crippen molar-refractivity contribution in [2.45, 2.75) is 39.1 Å². The molecule has 0 fully saturated rings. The van der Waals surface area contributed by atoms with Crippen molar-refractivity contribution in [1.82, 2.24) is 19.8 Å². The van der Waals surface area contributed by atoms with Gasteiger partial charge in [-0.05, 0) is 67.6 Å². The fourth-order valence-corrected chi connectivity index (χ4v) is 4.67. The van der Waals surface area contributed by atoms with Gasteiger partial charge in [0.25, 0.3) is 0 Å². The third-order valence-electron chi connectivity index (χ3n) is 6.20. The van der Waals surface area contributed by atoms with Crippen molar-refractivity contribution < 1.29 is 10.2 Å². The maximum atomic E-state index is 10.5. The highest BCUT2D eigenvalue weighted by Gasteiger charge is 2.21. The average Bonchev–Trinajstić information content (AvgIpc) is 2.89. The van der Waals surface area contributed by atoms with E-state index in [1.807, 2.05) is 36.4 Å². The summed E-state index contributed by atoms with van der Waals surface area (Å²) in [7, 11) is 0. The minimum atomic E-state index is 0.0467. The molecule has 0 saturated carbocycles. The molecule has 0 aliphatic heterocycles.